The Balaban J connectivity index is 1.97. The Morgan fingerprint density at radius 2 is 2.62 bits per heavy atom. The van der Waals surface area contributed by atoms with E-state index in [9.17, 15) is 4.79 Å². The van der Waals surface area contributed by atoms with Crippen LogP contribution in [0.4, 0.5) is 0 Å². The molecule has 13 heavy (non-hydrogen) atoms. The molecule has 1 fully saturated rings. The van der Waals surface area contributed by atoms with E-state index in [4.69, 9.17) is 4.74 Å². The van der Waals surface area contributed by atoms with E-state index in [2.05, 4.69) is 4.98 Å². The van der Waals surface area contributed by atoms with Gasteiger partial charge in [-0.15, -0.1) is 0 Å². The average Bonchev–Trinajstić information content (AvgIpc) is 2.54. The fourth-order valence-electron chi connectivity index (χ4n) is 1.72. The van der Waals surface area contributed by atoms with E-state index >= 15 is 0 Å². The summed E-state index contributed by atoms with van der Waals surface area (Å²) < 4.78 is 7.05. The lowest BCUT2D eigenvalue weighted by Gasteiger charge is -2.21. The molecule has 1 atom stereocenters. The lowest BCUT2D eigenvalue weighted by Crippen LogP contribution is -2.26. The molecule has 4 heteroatoms. The number of aromatic nitrogens is 2. The van der Waals surface area contributed by atoms with E-state index in [1.165, 1.54) is 0 Å². The highest BCUT2D eigenvalue weighted by atomic mass is 16.5. The summed E-state index contributed by atoms with van der Waals surface area (Å²) in [5.74, 6) is 0.502. The number of aromatic amines is 1. The molecule has 2 rings (SSSR count). The lowest BCUT2D eigenvalue weighted by atomic mass is 10.0. The van der Waals surface area contributed by atoms with Crippen molar-refractivity contribution in [2.75, 3.05) is 13.2 Å². The quantitative estimate of drug-likeness (QED) is 0.728. The van der Waals surface area contributed by atoms with Crippen molar-refractivity contribution >= 4 is 0 Å². The standard InChI is InChI=1S/C9H14N2O2/c12-9-10-3-4-11(9)6-8-2-1-5-13-7-8/h3-4,8H,1-2,5-7H2,(H,10,12). The first-order chi connectivity index (χ1) is 6.36. The molecule has 1 aliphatic heterocycles. The summed E-state index contributed by atoms with van der Waals surface area (Å²) in [6, 6.07) is 0. The second kappa shape index (κ2) is 3.79. The molecule has 0 aliphatic carbocycles. The molecule has 1 aromatic rings. The third-order valence-corrected chi connectivity index (χ3v) is 2.43. The van der Waals surface area contributed by atoms with Crippen molar-refractivity contribution < 1.29 is 4.74 Å². The van der Waals surface area contributed by atoms with Crippen LogP contribution in [0.5, 0.6) is 0 Å². The molecule has 0 bridgehead atoms. The molecular formula is C9H14N2O2. The maximum absolute atomic E-state index is 11.2. The van der Waals surface area contributed by atoms with Gasteiger partial charge in [-0.05, 0) is 12.8 Å². The normalized spacial score (nSPS) is 23.2. The van der Waals surface area contributed by atoms with Gasteiger partial charge in [0.15, 0.2) is 0 Å². The third-order valence-electron chi connectivity index (χ3n) is 2.43. The van der Waals surface area contributed by atoms with E-state index in [1.807, 2.05) is 0 Å². The zero-order chi connectivity index (χ0) is 9.10. The van der Waals surface area contributed by atoms with Crippen LogP contribution in [0.25, 0.3) is 0 Å². The second-order valence-electron chi connectivity index (χ2n) is 3.50. The van der Waals surface area contributed by atoms with Crippen LogP contribution in [0.3, 0.4) is 0 Å². The predicted molar refractivity (Wildman–Crippen MR) is 48.6 cm³/mol. The molecule has 1 N–H and O–H groups in total. The van der Waals surface area contributed by atoms with E-state index in [1.54, 1.807) is 17.0 Å². The molecule has 0 amide bonds. The van der Waals surface area contributed by atoms with Gasteiger partial charge in [0.25, 0.3) is 0 Å². The van der Waals surface area contributed by atoms with Crippen molar-refractivity contribution in [3.05, 3.63) is 22.9 Å². The topological polar surface area (TPSA) is 47.0 Å². The van der Waals surface area contributed by atoms with Crippen molar-refractivity contribution in [2.45, 2.75) is 19.4 Å². The summed E-state index contributed by atoms with van der Waals surface area (Å²) in [5, 5.41) is 0. The van der Waals surface area contributed by atoms with Crippen molar-refractivity contribution in [3.63, 3.8) is 0 Å². The molecule has 0 saturated carbocycles. The molecule has 0 radical (unpaired) electrons. The molecule has 0 aromatic carbocycles. The third kappa shape index (κ3) is 2.01. The molecule has 72 valence electrons. The number of rotatable bonds is 2. The summed E-state index contributed by atoms with van der Waals surface area (Å²) in [6.07, 6.45) is 5.74. The van der Waals surface area contributed by atoms with Gasteiger partial charge in [-0.3, -0.25) is 4.57 Å². The molecule has 1 saturated heterocycles. The van der Waals surface area contributed by atoms with Crippen LogP contribution in [0, 0.1) is 5.92 Å². The minimum atomic E-state index is -0.0226. The zero-order valence-electron chi connectivity index (χ0n) is 7.53. The maximum atomic E-state index is 11.2. The van der Waals surface area contributed by atoms with Crippen molar-refractivity contribution in [1.82, 2.24) is 9.55 Å². The second-order valence-corrected chi connectivity index (χ2v) is 3.50. The summed E-state index contributed by atoms with van der Waals surface area (Å²) in [5.41, 5.74) is -0.0226. The Kier molecular flexibility index (Phi) is 2.49. The minimum absolute atomic E-state index is 0.0226. The smallest absolute Gasteiger partial charge is 0.325 e. The number of imidazole rings is 1. The van der Waals surface area contributed by atoms with Gasteiger partial charge in [0.2, 0.25) is 0 Å². The highest BCUT2D eigenvalue weighted by Gasteiger charge is 2.14. The van der Waals surface area contributed by atoms with E-state index in [0.29, 0.717) is 5.92 Å². The lowest BCUT2D eigenvalue weighted by molar-refractivity contribution is 0.0480. The van der Waals surface area contributed by atoms with E-state index < -0.39 is 0 Å². The van der Waals surface area contributed by atoms with Crippen LogP contribution in [0.2, 0.25) is 0 Å². The first kappa shape index (κ1) is 8.56. The molecule has 1 aliphatic rings. The molecule has 1 unspecified atom stereocenters. The van der Waals surface area contributed by atoms with Gasteiger partial charge in [0.1, 0.15) is 0 Å². The number of H-pyrrole nitrogens is 1. The predicted octanol–water partition coefficient (Wildman–Crippen LogP) is 0.603. The number of hydrogen-bond acceptors (Lipinski definition) is 2. The van der Waals surface area contributed by atoms with Crippen molar-refractivity contribution in [1.29, 1.82) is 0 Å². The van der Waals surface area contributed by atoms with E-state index in [0.717, 1.165) is 32.6 Å². The molecule has 2 heterocycles. The van der Waals surface area contributed by atoms with Gasteiger partial charge in [-0.2, -0.15) is 0 Å². The Hall–Kier alpha value is -1.03. The minimum Gasteiger partial charge on any atom is -0.381 e. The van der Waals surface area contributed by atoms with Gasteiger partial charge < -0.3 is 9.72 Å². The van der Waals surface area contributed by atoms with E-state index in [-0.39, 0.29) is 5.69 Å². The number of hydrogen-bond donors (Lipinski definition) is 1. The molecule has 1 aromatic heterocycles. The van der Waals surface area contributed by atoms with Crippen molar-refractivity contribution in [2.24, 2.45) is 5.92 Å². The Morgan fingerprint density at radius 3 is 3.23 bits per heavy atom. The first-order valence-electron chi connectivity index (χ1n) is 4.68. The fourth-order valence-corrected chi connectivity index (χ4v) is 1.72. The first-order valence-corrected chi connectivity index (χ1v) is 4.68. The Bertz CT molecular complexity index is 309. The highest BCUT2D eigenvalue weighted by molar-refractivity contribution is 4.77. The van der Waals surface area contributed by atoms with Crippen LogP contribution in [0.1, 0.15) is 12.8 Å². The van der Waals surface area contributed by atoms with Crippen LogP contribution in [0.15, 0.2) is 17.2 Å². The van der Waals surface area contributed by atoms with Gasteiger partial charge >= 0.3 is 5.69 Å². The fraction of sp³-hybridized carbons (Fsp3) is 0.667. The van der Waals surface area contributed by atoms with Gasteiger partial charge in [0, 0.05) is 31.5 Å². The van der Waals surface area contributed by atoms with Gasteiger partial charge in [-0.1, -0.05) is 0 Å². The maximum Gasteiger partial charge on any atom is 0.325 e. The number of ether oxygens (including phenoxy) is 1. The average molecular weight is 182 g/mol. The summed E-state index contributed by atoms with van der Waals surface area (Å²) in [6.45, 7) is 2.44. The number of nitrogens with one attached hydrogen (secondary N) is 1. The van der Waals surface area contributed by atoms with Crippen LogP contribution < -0.4 is 5.69 Å². The monoisotopic (exact) mass is 182 g/mol. The SMILES string of the molecule is O=c1[nH]ccn1CC1CCCOC1. The van der Waals surface area contributed by atoms with Crippen LogP contribution in [-0.2, 0) is 11.3 Å². The number of nitrogens with zero attached hydrogens (tertiary/aromatic N) is 1. The summed E-state index contributed by atoms with van der Waals surface area (Å²) in [4.78, 5) is 13.8. The highest BCUT2D eigenvalue weighted by Crippen LogP contribution is 2.14. The van der Waals surface area contributed by atoms with Crippen LogP contribution in [-0.4, -0.2) is 22.8 Å². The Labute approximate surface area is 76.5 Å². The van der Waals surface area contributed by atoms with Crippen LogP contribution >= 0.6 is 0 Å². The van der Waals surface area contributed by atoms with Gasteiger partial charge in [-0.25, -0.2) is 4.79 Å². The molecular weight excluding hydrogens is 168 g/mol. The Morgan fingerprint density at radius 1 is 1.69 bits per heavy atom. The summed E-state index contributed by atoms with van der Waals surface area (Å²) >= 11 is 0. The van der Waals surface area contributed by atoms with Crippen molar-refractivity contribution in [3.8, 4) is 0 Å². The largest absolute Gasteiger partial charge is 0.381 e. The summed E-state index contributed by atoms with van der Waals surface area (Å²) in [7, 11) is 0. The zero-order valence-corrected chi connectivity index (χ0v) is 7.53. The molecule has 4 nitrogen and oxygen atoms in total. The van der Waals surface area contributed by atoms with Gasteiger partial charge in [0.05, 0.1) is 6.61 Å². The molecule has 0 spiro atoms.